The second-order valence-electron chi connectivity index (χ2n) is 6.94. The summed E-state index contributed by atoms with van der Waals surface area (Å²) in [4.78, 5) is 12.4. The van der Waals surface area contributed by atoms with E-state index in [0.717, 1.165) is 12.8 Å². The van der Waals surface area contributed by atoms with Gasteiger partial charge in [0.05, 0.1) is 30.3 Å². The van der Waals surface area contributed by atoms with Gasteiger partial charge in [0.2, 0.25) is 15.9 Å². The molecule has 1 aromatic carbocycles. The Balaban J connectivity index is 2.16. The fraction of sp³-hybridized carbons (Fsp3) is 0.579. The number of carbonyl (C=O) groups is 1. The number of sulfonamides is 1. The van der Waals surface area contributed by atoms with Gasteiger partial charge in [-0.3, -0.25) is 4.79 Å². The van der Waals surface area contributed by atoms with E-state index < -0.39 is 15.6 Å². The smallest absolute Gasteiger partial charge is 0.243 e. The van der Waals surface area contributed by atoms with Crippen molar-refractivity contribution in [3.63, 3.8) is 0 Å². The van der Waals surface area contributed by atoms with Crippen LogP contribution in [0.1, 0.15) is 33.6 Å². The number of carbonyl (C=O) groups excluding carboxylic acids is 1. The summed E-state index contributed by atoms with van der Waals surface area (Å²) >= 11 is 0. The minimum Gasteiger partial charge on any atom is -0.495 e. The van der Waals surface area contributed by atoms with Crippen molar-refractivity contribution in [2.45, 2.75) is 44.0 Å². The van der Waals surface area contributed by atoms with Crippen LogP contribution in [0.3, 0.4) is 0 Å². The summed E-state index contributed by atoms with van der Waals surface area (Å²) in [5.74, 6) is 0.269. The Morgan fingerprint density at radius 2 is 2.00 bits per heavy atom. The minimum absolute atomic E-state index is 0.102. The number of methoxy groups -OCH3 is 1. The largest absolute Gasteiger partial charge is 0.495 e. The molecule has 0 aromatic heterocycles. The number of hydrogen-bond donors (Lipinski definition) is 2. The summed E-state index contributed by atoms with van der Waals surface area (Å²) in [6.45, 7) is 5.91. The molecular weight excluding hydrogens is 380 g/mol. The predicted molar refractivity (Wildman–Crippen MR) is 106 cm³/mol. The van der Waals surface area contributed by atoms with Crippen molar-refractivity contribution in [3.8, 4) is 11.8 Å². The van der Waals surface area contributed by atoms with Crippen LogP contribution >= 0.6 is 0 Å². The van der Waals surface area contributed by atoms with Crippen LogP contribution in [0.25, 0.3) is 0 Å². The van der Waals surface area contributed by atoms with E-state index >= 15 is 0 Å². The fourth-order valence-corrected chi connectivity index (χ4v) is 4.57. The Labute approximate surface area is 166 Å². The third-order valence-corrected chi connectivity index (χ3v) is 7.02. The maximum atomic E-state index is 12.7. The van der Waals surface area contributed by atoms with Crippen LogP contribution < -0.4 is 15.4 Å². The van der Waals surface area contributed by atoms with Crippen LogP contribution in [0, 0.1) is 17.2 Å². The topological polar surface area (TPSA) is 112 Å². The minimum atomic E-state index is -3.63. The molecule has 154 valence electrons. The van der Waals surface area contributed by atoms with Gasteiger partial charge >= 0.3 is 0 Å². The van der Waals surface area contributed by atoms with E-state index in [0.29, 0.717) is 24.5 Å². The van der Waals surface area contributed by atoms with Crippen LogP contribution in [-0.2, 0) is 14.8 Å². The van der Waals surface area contributed by atoms with Gasteiger partial charge in [0, 0.05) is 13.1 Å². The van der Waals surface area contributed by atoms with E-state index in [-0.39, 0.29) is 23.3 Å². The monoisotopic (exact) mass is 408 g/mol. The van der Waals surface area contributed by atoms with E-state index in [1.54, 1.807) is 26.8 Å². The summed E-state index contributed by atoms with van der Waals surface area (Å²) in [7, 11) is -2.16. The average Bonchev–Trinajstić information content (AvgIpc) is 3.52. The van der Waals surface area contributed by atoms with Crippen molar-refractivity contribution in [2.24, 2.45) is 5.92 Å². The maximum Gasteiger partial charge on any atom is 0.243 e. The standard InChI is InChI=1S/C19H28N4O4S/c1-5-23(6-2)28(25,26)15-9-10-17(27-4)16(11-15)21-12-18(24)22-19(3,13-20)14-7-8-14/h9-11,14,21H,5-8,12H2,1-4H3,(H,22,24). The number of ether oxygens (including phenoxy) is 1. The van der Waals surface area contributed by atoms with Gasteiger partial charge in [0.25, 0.3) is 0 Å². The second kappa shape index (κ2) is 8.80. The number of nitrogens with one attached hydrogen (secondary N) is 2. The van der Waals surface area contributed by atoms with Crippen molar-refractivity contribution in [2.75, 3.05) is 32.1 Å². The molecule has 2 rings (SSSR count). The normalized spacial score (nSPS) is 16.1. The molecule has 2 N–H and O–H groups in total. The summed E-state index contributed by atoms with van der Waals surface area (Å²) in [5.41, 5.74) is -0.479. The SMILES string of the molecule is CCN(CC)S(=O)(=O)c1ccc(OC)c(NCC(=O)NC(C)(C#N)C2CC2)c1. The lowest BCUT2D eigenvalue weighted by Crippen LogP contribution is -2.48. The van der Waals surface area contributed by atoms with Gasteiger partial charge in [-0.2, -0.15) is 9.57 Å². The molecule has 0 radical (unpaired) electrons. The van der Waals surface area contributed by atoms with Gasteiger partial charge in [-0.25, -0.2) is 8.42 Å². The number of amides is 1. The van der Waals surface area contributed by atoms with Crippen molar-refractivity contribution in [1.82, 2.24) is 9.62 Å². The molecule has 1 atom stereocenters. The first-order chi connectivity index (χ1) is 13.2. The van der Waals surface area contributed by atoms with Crippen molar-refractivity contribution < 1.29 is 17.9 Å². The lowest BCUT2D eigenvalue weighted by molar-refractivity contribution is -0.120. The van der Waals surface area contributed by atoms with E-state index in [1.807, 2.05) is 0 Å². The van der Waals surface area contributed by atoms with Gasteiger partial charge < -0.3 is 15.4 Å². The molecule has 8 nitrogen and oxygen atoms in total. The van der Waals surface area contributed by atoms with Crippen LogP contribution in [0.15, 0.2) is 23.1 Å². The molecule has 0 saturated heterocycles. The molecule has 0 heterocycles. The molecule has 1 saturated carbocycles. The van der Waals surface area contributed by atoms with Gasteiger partial charge in [0.1, 0.15) is 11.3 Å². The summed E-state index contributed by atoms with van der Waals surface area (Å²) in [5, 5.41) is 15.1. The van der Waals surface area contributed by atoms with Gasteiger partial charge in [-0.1, -0.05) is 13.8 Å². The summed E-state index contributed by atoms with van der Waals surface area (Å²) < 4.78 is 32.1. The molecule has 0 bridgehead atoms. The third kappa shape index (κ3) is 4.75. The number of hydrogen-bond acceptors (Lipinski definition) is 6. The highest BCUT2D eigenvalue weighted by Crippen LogP contribution is 2.39. The number of anilines is 1. The molecule has 1 amide bonds. The number of rotatable bonds is 10. The molecule has 0 spiro atoms. The Morgan fingerprint density at radius 3 is 2.50 bits per heavy atom. The van der Waals surface area contributed by atoms with Gasteiger partial charge in [0.15, 0.2) is 0 Å². The fourth-order valence-electron chi connectivity index (χ4n) is 3.09. The van der Waals surface area contributed by atoms with Crippen molar-refractivity contribution in [1.29, 1.82) is 5.26 Å². The zero-order valence-corrected chi connectivity index (χ0v) is 17.6. The maximum absolute atomic E-state index is 12.7. The lowest BCUT2D eigenvalue weighted by Gasteiger charge is -2.23. The molecule has 1 aliphatic rings. The van der Waals surface area contributed by atoms with Gasteiger partial charge in [-0.05, 0) is 43.9 Å². The number of nitrogens with zero attached hydrogens (tertiary/aromatic N) is 2. The molecule has 1 unspecified atom stereocenters. The molecule has 28 heavy (non-hydrogen) atoms. The highest BCUT2D eigenvalue weighted by Gasteiger charge is 2.42. The lowest BCUT2D eigenvalue weighted by atomic mass is 9.98. The van der Waals surface area contributed by atoms with Crippen LogP contribution in [0.2, 0.25) is 0 Å². The van der Waals surface area contributed by atoms with Gasteiger partial charge in [-0.15, -0.1) is 0 Å². The molecule has 9 heteroatoms. The first kappa shape index (κ1) is 22.0. The first-order valence-electron chi connectivity index (χ1n) is 9.36. The quantitative estimate of drug-likeness (QED) is 0.612. The van der Waals surface area contributed by atoms with E-state index in [4.69, 9.17) is 4.74 Å². The summed E-state index contributed by atoms with van der Waals surface area (Å²) in [6, 6.07) is 6.68. The van der Waals surface area contributed by atoms with Crippen LogP contribution in [-0.4, -0.2) is 50.9 Å². The molecule has 1 aliphatic carbocycles. The predicted octanol–water partition coefficient (Wildman–Crippen LogP) is 1.95. The molecule has 1 fully saturated rings. The Hall–Kier alpha value is -2.31. The number of nitriles is 1. The Morgan fingerprint density at radius 1 is 1.36 bits per heavy atom. The van der Waals surface area contributed by atoms with E-state index in [2.05, 4.69) is 16.7 Å². The van der Waals surface area contributed by atoms with Crippen LogP contribution in [0.4, 0.5) is 5.69 Å². The number of benzene rings is 1. The average molecular weight is 409 g/mol. The zero-order chi connectivity index (χ0) is 20.9. The van der Waals surface area contributed by atoms with E-state index in [1.165, 1.54) is 23.5 Å². The van der Waals surface area contributed by atoms with Crippen molar-refractivity contribution >= 4 is 21.6 Å². The first-order valence-corrected chi connectivity index (χ1v) is 10.8. The molecule has 1 aromatic rings. The van der Waals surface area contributed by atoms with Crippen molar-refractivity contribution in [3.05, 3.63) is 18.2 Å². The second-order valence-corrected chi connectivity index (χ2v) is 8.88. The highest BCUT2D eigenvalue weighted by molar-refractivity contribution is 7.89. The summed E-state index contributed by atoms with van der Waals surface area (Å²) in [6.07, 6.45) is 1.85. The third-order valence-electron chi connectivity index (χ3n) is 4.98. The van der Waals surface area contributed by atoms with E-state index in [9.17, 15) is 18.5 Å². The molecular formula is C19H28N4O4S. The molecule has 0 aliphatic heterocycles. The zero-order valence-electron chi connectivity index (χ0n) is 16.8. The Kier molecular flexibility index (Phi) is 6.91. The van der Waals surface area contributed by atoms with Crippen LogP contribution in [0.5, 0.6) is 5.75 Å². The Bertz CT molecular complexity index is 857. The highest BCUT2D eigenvalue weighted by atomic mass is 32.2.